The first-order chi connectivity index (χ1) is 12.2. The maximum atomic E-state index is 12.8. The van der Waals surface area contributed by atoms with Gasteiger partial charge in [-0.05, 0) is 29.8 Å². The van der Waals surface area contributed by atoms with Gasteiger partial charge in [0.2, 0.25) is 6.79 Å². The topological polar surface area (TPSA) is 56.6 Å². The first-order valence-electron chi connectivity index (χ1n) is 7.94. The monoisotopic (exact) mass is 335 g/mol. The number of rotatable bonds is 4. The molecule has 0 fully saturated rings. The van der Waals surface area contributed by atoms with Gasteiger partial charge in [0.1, 0.15) is 5.69 Å². The molecule has 6 heteroatoms. The van der Waals surface area contributed by atoms with E-state index in [1.807, 2.05) is 48.5 Å². The van der Waals surface area contributed by atoms with Gasteiger partial charge in [-0.3, -0.25) is 9.36 Å². The van der Waals surface area contributed by atoms with Crippen molar-refractivity contribution < 1.29 is 14.3 Å². The van der Waals surface area contributed by atoms with E-state index in [4.69, 9.17) is 9.47 Å². The summed E-state index contributed by atoms with van der Waals surface area (Å²) in [5.41, 5.74) is 2.40. The van der Waals surface area contributed by atoms with Crippen LogP contribution in [0.25, 0.3) is 5.69 Å². The lowest BCUT2D eigenvalue weighted by atomic mass is 10.2. The van der Waals surface area contributed by atoms with Gasteiger partial charge in [-0.2, -0.15) is 0 Å². The van der Waals surface area contributed by atoms with Crippen LogP contribution in [0.1, 0.15) is 16.1 Å². The van der Waals surface area contributed by atoms with Gasteiger partial charge in [0.15, 0.2) is 11.5 Å². The summed E-state index contributed by atoms with van der Waals surface area (Å²) in [7, 11) is 1.77. The van der Waals surface area contributed by atoms with Gasteiger partial charge in [0.25, 0.3) is 5.91 Å². The summed E-state index contributed by atoms with van der Waals surface area (Å²) in [5.74, 6) is 1.35. The summed E-state index contributed by atoms with van der Waals surface area (Å²) in [6.07, 6.45) is 3.24. The number of aromatic nitrogens is 2. The highest BCUT2D eigenvalue weighted by atomic mass is 16.7. The molecule has 0 saturated heterocycles. The van der Waals surface area contributed by atoms with Crippen molar-refractivity contribution in [3.63, 3.8) is 0 Å². The molecule has 0 unspecified atom stereocenters. The van der Waals surface area contributed by atoms with Crippen LogP contribution < -0.4 is 9.47 Å². The van der Waals surface area contributed by atoms with Crippen molar-refractivity contribution in [2.24, 2.45) is 0 Å². The first kappa shape index (κ1) is 15.3. The summed E-state index contributed by atoms with van der Waals surface area (Å²) < 4.78 is 12.5. The minimum atomic E-state index is -0.0981. The van der Waals surface area contributed by atoms with Gasteiger partial charge in [0, 0.05) is 19.3 Å². The zero-order valence-corrected chi connectivity index (χ0v) is 13.8. The van der Waals surface area contributed by atoms with Crippen LogP contribution in [0.15, 0.2) is 61.1 Å². The van der Waals surface area contributed by atoms with E-state index < -0.39 is 0 Å². The van der Waals surface area contributed by atoms with Gasteiger partial charge >= 0.3 is 0 Å². The fraction of sp³-hybridized carbons (Fsp3) is 0.158. The maximum Gasteiger partial charge on any atom is 0.272 e. The Labute approximate surface area is 145 Å². The van der Waals surface area contributed by atoms with Crippen LogP contribution >= 0.6 is 0 Å². The molecule has 4 rings (SSSR count). The highest BCUT2D eigenvalue weighted by molar-refractivity contribution is 5.92. The van der Waals surface area contributed by atoms with Crippen molar-refractivity contribution in [1.29, 1.82) is 0 Å². The van der Waals surface area contributed by atoms with Gasteiger partial charge in [-0.25, -0.2) is 4.98 Å². The Balaban J connectivity index is 1.54. The zero-order valence-electron chi connectivity index (χ0n) is 13.8. The molecular formula is C19H17N3O3. The summed E-state index contributed by atoms with van der Waals surface area (Å²) in [5, 5.41) is 0. The Hall–Kier alpha value is -3.28. The molecule has 1 aromatic heterocycles. The largest absolute Gasteiger partial charge is 0.454 e. The van der Waals surface area contributed by atoms with E-state index in [2.05, 4.69) is 4.98 Å². The van der Waals surface area contributed by atoms with E-state index in [1.54, 1.807) is 29.0 Å². The Kier molecular flexibility index (Phi) is 3.85. The Morgan fingerprint density at radius 2 is 1.96 bits per heavy atom. The number of fused-ring (bicyclic) bond motifs is 1. The number of hydrogen-bond acceptors (Lipinski definition) is 4. The van der Waals surface area contributed by atoms with Crippen molar-refractivity contribution >= 4 is 5.91 Å². The van der Waals surface area contributed by atoms with E-state index in [-0.39, 0.29) is 12.7 Å². The maximum absolute atomic E-state index is 12.8. The van der Waals surface area contributed by atoms with Crippen LogP contribution in [-0.4, -0.2) is 34.2 Å². The van der Waals surface area contributed by atoms with E-state index in [0.29, 0.717) is 18.0 Å². The van der Waals surface area contributed by atoms with Gasteiger partial charge in [-0.15, -0.1) is 0 Å². The van der Waals surface area contributed by atoms with E-state index in [9.17, 15) is 4.79 Å². The minimum absolute atomic E-state index is 0.0981. The second kappa shape index (κ2) is 6.32. The fourth-order valence-electron chi connectivity index (χ4n) is 2.83. The van der Waals surface area contributed by atoms with Crippen molar-refractivity contribution in [2.45, 2.75) is 6.54 Å². The lowest BCUT2D eigenvalue weighted by Gasteiger charge is -2.18. The average Bonchev–Trinajstić information content (AvgIpc) is 3.30. The van der Waals surface area contributed by atoms with Gasteiger partial charge < -0.3 is 14.4 Å². The summed E-state index contributed by atoms with van der Waals surface area (Å²) >= 11 is 0. The minimum Gasteiger partial charge on any atom is -0.454 e. The molecule has 0 aliphatic carbocycles. The molecule has 25 heavy (non-hydrogen) atoms. The number of carbonyl (C=O) groups is 1. The number of para-hydroxylation sites is 1. The molecule has 0 atom stereocenters. The number of amides is 1. The zero-order chi connectivity index (χ0) is 17.2. The summed E-state index contributed by atoms with van der Waals surface area (Å²) in [4.78, 5) is 18.6. The highest BCUT2D eigenvalue weighted by Gasteiger charge is 2.19. The second-order valence-corrected chi connectivity index (χ2v) is 5.83. The molecule has 2 aromatic carbocycles. The van der Waals surface area contributed by atoms with Crippen LogP contribution in [0.2, 0.25) is 0 Å². The third-order valence-corrected chi connectivity index (χ3v) is 4.10. The number of nitrogens with zero attached hydrogens (tertiary/aromatic N) is 3. The van der Waals surface area contributed by atoms with Crippen molar-refractivity contribution in [2.75, 3.05) is 13.8 Å². The molecule has 0 saturated carbocycles. The van der Waals surface area contributed by atoms with Gasteiger partial charge in [0.05, 0.1) is 12.5 Å². The molecule has 1 amide bonds. The molecular weight excluding hydrogens is 318 g/mol. The lowest BCUT2D eigenvalue weighted by molar-refractivity contribution is 0.0777. The van der Waals surface area contributed by atoms with Crippen molar-refractivity contribution in [3.8, 4) is 17.2 Å². The predicted octanol–water partition coefficient (Wildman–Crippen LogP) is 2.87. The number of carbonyl (C=O) groups excluding carboxylic acids is 1. The van der Waals surface area contributed by atoms with Crippen molar-refractivity contribution in [3.05, 3.63) is 72.3 Å². The fourth-order valence-corrected chi connectivity index (χ4v) is 2.83. The molecule has 0 radical (unpaired) electrons. The number of imidazole rings is 1. The number of ether oxygens (including phenoxy) is 2. The molecule has 6 nitrogen and oxygen atoms in total. The number of hydrogen-bond donors (Lipinski definition) is 0. The molecule has 3 aromatic rings. The molecule has 126 valence electrons. The Morgan fingerprint density at radius 3 is 2.80 bits per heavy atom. The Morgan fingerprint density at radius 1 is 1.16 bits per heavy atom. The van der Waals surface area contributed by atoms with Crippen LogP contribution in [-0.2, 0) is 6.54 Å². The summed E-state index contributed by atoms with van der Waals surface area (Å²) in [6.45, 7) is 0.708. The quantitative estimate of drug-likeness (QED) is 0.736. The smallest absolute Gasteiger partial charge is 0.272 e. The predicted molar refractivity (Wildman–Crippen MR) is 91.9 cm³/mol. The van der Waals surface area contributed by atoms with E-state index in [1.165, 1.54) is 0 Å². The van der Waals surface area contributed by atoms with Crippen LogP contribution in [0.4, 0.5) is 0 Å². The van der Waals surface area contributed by atoms with Crippen LogP contribution in [0.5, 0.6) is 11.5 Å². The van der Waals surface area contributed by atoms with Crippen LogP contribution in [0.3, 0.4) is 0 Å². The van der Waals surface area contributed by atoms with Crippen molar-refractivity contribution in [1.82, 2.24) is 14.5 Å². The molecule has 1 aliphatic heterocycles. The third kappa shape index (κ3) is 2.94. The van der Waals surface area contributed by atoms with E-state index >= 15 is 0 Å². The normalized spacial score (nSPS) is 12.2. The van der Waals surface area contributed by atoms with Crippen LogP contribution in [0, 0.1) is 0 Å². The molecule has 0 bridgehead atoms. The Bertz CT molecular complexity index is 905. The third-order valence-electron chi connectivity index (χ3n) is 4.10. The molecule has 0 N–H and O–H groups in total. The average molecular weight is 335 g/mol. The van der Waals surface area contributed by atoms with E-state index in [0.717, 1.165) is 17.0 Å². The SMILES string of the molecule is CN(Cc1ccc2c(c1)OCO2)C(=O)c1cncn1-c1ccccc1. The molecule has 1 aliphatic rings. The van der Waals surface area contributed by atoms with Gasteiger partial charge in [-0.1, -0.05) is 24.3 Å². The highest BCUT2D eigenvalue weighted by Crippen LogP contribution is 2.32. The first-order valence-corrected chi connectivity index (χ1v) is 7.94. The summed E-state index contributed by atoms with van der Waals surface area (Å²) in [6, 6.07) is 15.4. The standard InChI is InChI=1S/C19H17N3O3/c1-21(11-14-7-8-17-18(9-14)25-13-24-17)19(23)16-10-20-12-22(16)15-5-3-2-4-6-15/h2-10,12H,11,13H2,1H3. The number of benzene rings is 2. The lowest BCUT2D eigenvalue weighted by Crippen LogP contribution is -2.28. The molecule has 2 heterocycles. The molecule has 0 spiro atoms. The second-order valence-electron chi connectivity index (χ2n) is 5.83.